The van der Waals surface area contributed by atoms with Gasteiger partial charge < -0.3 is 10.6 Å². The lowest BCUT2D eigenvalue weighted by Crippen LogP contribution is -2.19. The molecule has 0 spiro atoms. The summed E-state index contributed by atoms with van der Waals surface area (Å²) >= 11 is 0. The Kier molecular flexibility index (Phi) is 5.73. The molecule has 0 aliphatic rings. The van der Waals surface area contributed by atoms with E-state index in [9.17, 15) is 9.18 Å². The number of anilines is 2. The average molecular weight is 377 g/mol. The number of para-hydroxylation sites is 1. The number of hydrogen-bond donors (Lipinski definition) is 2. The lowest BCUT2D eigenvalue weighted by Gasteiger charge is -2.23. The summed E-state index contributed by atoms with van der Waals surface area (Å²) < 4.78 is 13.0. The Balaban J connectivity index is 1.72. The minimum Gasteiger partial charge on any atom is -0.381 e. The molecule has 3 aromatic rings. The van der Waals surface area contributed by atoms with Gasteiger partial charge in [-0.1, -0.05) is 51.1 Å². The molecular formula is C23H24FN3O. The van der Waals surface area contributed by atoms with Crippen LogP contribution in [0.25, 0.3) is 0 Å². The fraction of sp³-hybridized carbons (Fsp3) is 0.217. The van der Waals surface area contributed by atoms with Crippen molar-refractivity contribution in [3.8, 4) is 0 Å². The monoisotopic (exact) mass is 377 g/mol. The second-order valence-electron chi connectivity index (χ2n) is 7.66. The highest BCUT2D eigenvalue weighted by molar-refractivity contribution is 6.03. The first-order chi connectivity index (χ1) is 13.3. The van der Waals surface area contributed by atoms with Gasteiger partial charge in [0.1, 0.15) is 11.5 Å². The molecule has 1 heterocycles. The van der Waals surface area contributed by atoms with E-state index in [1.54, 1.807) is 30.5 Å². The SMILES string of the molecule is CC(C)(C)c1ccccc1NC(=O)c1cc(NCc2ccc(F)cc2)ccn1. The summed E-state index contributed by atoms with van der Waals surface area (Å²) in [4.78, 5) is 16.9. The largest absolute Gasteiger partial charge is 0.381 e. The number of halogens is 1. The second-order valence-corrected chi connectivity index (χ2v) is 7.66. The fourth-order valence-electron chi connectivity index (χ4n) is 2.90. The number of amides is 1. The number of rotatable bonds is 5. The molecule has 5 heteroatoms. The summed E-state index contributed by atoms with van der Waals surface area (Å²) in [7, 11) is 0. The summed E-state index contributed by atoms with van der Waals surface area (Å²) in [6.07, 6.45) is 1.59. The first-order valence-electron chi connectivity index (χ1n) is 9.18. The Morgan fingerprint density at radius 3 is 2.46 bits per heavy atom. The van der Waals surface area contributed by atoms with Crippen molar-refractivity contribution in [2.75, 3.05) is 10.6 Å². The zero-order valence-electron chi connectivity index (χ0n) is 16.3. The van der Waals surface area contributed by atoms with Crippen molar-refractivity contribution < 1.29 is 9.18 Å². The Labute approximate surface area is 164 Å². The van der Waals surface area contributed by atoms with Crippen molar-refractivity contribution in [3.63, 3.8) is 0 Å². The van der Waals surface area contributed by atoms with Crippen LogP contribution in [0.2, 0.25) is 0 Å². The summed E-state index contributed by atoms with van der Waals surface area (Å²) in [6.45, 7) is 6.85. The summed E-state index contributed by atoms with van der Waals surface area (Å²) in [5.74, 6) is -0.524. The molecule has 0 atom stereocenters. The molecule has 0 radical (unpaired) electrons. The van der Waals surface area contributed by atoms with Crippen LogP contribution in [0.1, 0.15) is 42.4 Å². The van der Waals surface area contributed by atoms with Gasteiger partial charge in [-0.3, -0.25) is 9.78 Å². The predicted octanol–water partition coefficient (Wildman–Crippen LogP) is 5.38. The van der Waals surface area contributed by atoms with Crippen molar-refractivity contribution in [2.24, 2.45) is 0 Å². The summed E-state index contributed by atoms with van der Waals surface area (Å²) in [6, 6.07) is 17.6. The minimum atomic E-state index is -0.262. The topological polar surface area (TPSA) is 54.0 Å². The van der Waals surface area contributed by atoms with E-state index >= 15 is 0 Å². The van der Waals surface area contributed by atoms with Crippen molar-refractivity contribution in [3.05, 3.63) is 89.5 Å². The number of carbonyl (C=O) groups excluding carboxylic acids is 1. The maximum absolute atomic E-state index is 13.0. The van der Waals surface area contributed by atoms with Crippen LogP contribution in [0.15, 0.2) is 66.9 Å². The van der Waals surface area contributed by atoms with Crippen molar-refractivity contribution >= 4 is 17.3 Å². The van der Waals surface area contributed by atoms with E-state index in [4.69, 9.17) is 0 Å². The van der Waals surface area contributed by atoms with Gasteiger partial charge in [-0.25, -0.2) is 4.39 Å². The fourth-order valence-corrected chi connectivity index (χ4v) is 2.90. The zero-order chi connectivity index (χ0) is 20.1. The summed E-state index contributed by atoms with van der Waals surface area (Å²) in [5.41, 5.74) is 3.81. The van der Waals surface area contributed by atoms with E-state index in [0.717, 1.165) is 22.5 Å². The molecule has 2 aromatic carbocycles. The second kappa shape index (κ2) is 8.21. The van der Waals surface area contributed by atoms with Crippen LogP contribution in [-0.4, -0.2) is 10.9 Å². The number of aromatic nitrogens is 1. The molecule has 3 rings (SSSR count). The number of nitrogens with zero attached hydrogens (tertiary/aromatic N) is 1. The van der Waals surface area contributed by atoms with Crippen LogP contribution in [0.4, 0.5) is 15.8 Å². The molecule has 0 unspecified atom stereocenters. The molecule has 0 saturated heterocycles. The molecule has 144 valence electrons. The van der Waals surface area contributed by atoms with Crippen LogP contribution in [0.5, 0.6) is 0 Å². The highest BCUT2D eigenvalue weighted by Gasteiger charge is 2.19. The van der Waals surface area contributed by atoms with Gasteiger partial charge in [0.2, 0.25) is 0 Å². The number of nitrogens with one attached hydrogen (secondary N) is 2. The summed E-state index contributed by atoms with van der Waals surface area (Å²) in [5, 5.41) is 6.20. The number of hydrogen-bond acceptors (Lipinski definition) is 3. The van der Waals surface area contributed by atoms with Crippen LogP contribution in [0, 0.1) is 5.82 Å². The molecule has 0 aliphatic heterocycles. The van der Waals surface area contributed by atoms with Crippen molar-refractivity contribution in [2.45, 2.75) is 32.7 Å². The quantitative estimate of drug-likeness (QED) is 0.627. The lowest BCUT2D eigenvalue weighted by molar-refractivity contribution is 0.102. The number of carbonyl (C=O) groups is 1. The van der Waals surface area contributed by atoms with E-state index in [1.807, 2.05) is 24.3 Å². The molecule has 0 fully saturated rings. The molecule has 0 aliphatic carbocycles. The average Bonchev–Trinajstić information content (AvgIpc) is 2.67. The third-order valence-corrected chi connectivity index (χ3v) is 4.39. The van der Waals surface area contributed by atoms with Gasteiger partial charge in [0.25, 0.3) is 5.91 Å². The first kappa shape index (κ1) is 19.5. The van der Waals surface area contributed by atoms with E-state index in [0.29, 0.717) is 12.2 Å². The molecule has 28 heavy (non-hydrogen) atoms. The number of pyridine rings is 1. The number of benzene rings is 2. The van der Waals surface area contributed by atoms with E-state index in [-0.39, 0.29) is 17.1 Å². The Morgan fingerprint density at radius 2 is 1.75 bits per heavy atom. The van der Waals surface area contributed by atoms with Gasteiger partial charge in [0.05, 0.1) is 0 Å². The minimum absolute atomic E-state index is 0.0874. The third-order valence-electron chi connectivity index (χ3n) is 4.39. The van der Waals surface area contributed by atoms with Gasteiger partial charge >= 0.3 is 0 Å². The normalized spacial score (nSPS) is 11.1. The van der Waals surface area contributed by atoms with E-state index < -0.39 is 0 Å². The van der Waals surface area contributed by atoms with Crippen LogP contribution in [-0.2, 0) is 12.0 Å². The standard InChI is InChI=1S/C23H24FN3O/c1-23(2,3)19-6-4-5-7-20(19)27-22(28)21-14-18(12-13-25-21)26-15-16-8-10-17(24)11-9-16/h4-14H,15H2,1-3H3,(H,25,26)(H,27,28). The van der Waals surface area contributed by atoms with Crippen LogP contribution in [0.3, 0.4) is 0 Å². The smallest absolute Gasteiger partial charge is 0.274 e. The van der Waals surface area contributed by atoms with Crippen LogP contribution < -0.4 is 10.6 Å². The van der Waals surface area contributed by atoms with E-state index in [1.165, 1.54) is 12.1 Å². The zero-order valence-corrected chi connectivity index (χ0v) is 16.3. The maximum atomic E-state index is 13.0. The Bertz CT molecular complexity index is 962. The molecule has 1 amide bonds. The lowest BCUT2D eigenvalue weighted by atomic mass is 9.86. The van der Waals surface area contributed by atoms with Gasteiger partial charge in [-0.05, 0) is 46.9 Å². The van der Waals surface area contributed by atoms with Gasteiger partial charge in [-0.2, -0.15) is 0 Å². The van der Waals surface area contributed by atoms with Gasteiger partial charge in [-0.15, -0.1) is 0 Å². The highest BCUT2D eigenvalue weighted by atomic mass is 19.1. The van der Waals surface area contributed by atoms with Crippen molar-refractivity contribution in [1.82, 2.24) is 4.98 Å². The maximum Gasteiger partial charge on any atom is 0.274 e. The molecule has 2 N–H and O–H groups in total. The molecular weight excluding hydrogens is 353 g/mol. The Hall–Kier alpha value is -3.21. The molecule has 0 bridgehead atoms. The third kappa shape index (κ3) is 4.94. The molecule has 4 nitrogen and oxygen atoms in total. The molecule has 1 aromatic heterocycles. The van der Waals surface area contributed by atoms with Crippen molar-refractivity contribution in [1.29, 1.82) is 0 Å². The van der Waals surface area contributed by atoms with Gasteiger partial charge in [0.15, 0.2) is 0 Å². The van der Waals surface area contributed by atoms with E-state index in [2.05, 4.69) is 36.4 Å². The van der Waals surface area contributed by atoms with Crippen LogP contribution >= 0.6 is 0 Å². The Morgan fingerprint density at radius 1 is 1.04 bits per heavy atom. The highest BCUT2D eigenvalue weighted by Crippen LogP contribution is 2.29. The molecule has 0 saturated carbocycles. The first-order valence-corrected chi connectivity index (χ1v) is 9.18. The predicted molar refractivity (Wildman–Crippen MR) is 111 cm³/mol. The van der Waals surface area contributed by atoms with Gasteiger partial charge in [0, 0.05) is 24.1 Å².